The van der Waals surface area contributed by atoms with Crippen molar-refractivity contribution in [2.24, 2.45) is 50.2 Å². The molecule has 0 bridgehead atoms. The Morgan fingerprint density at radius 3 is 2.09 bits per heavy atom. The number of hydrogen-bond acceptors (Lipinski definition) is 7. The van der Waals surface area contributed by atoms with Gasteiger partial charge in [-0.15, -0.1) is 0 Å². The molecule has 2 aromatic rings. The molecule has 53 heavy (non-hydrogen) atoms. The van der Waals surface area contributed by atoms with Crippen molar-refractivity contribution in [3.8, 4) is 0 Å². The predicted octanol–water partition coefficient (Wildman–Crippen LogP) is 8.39. The van der Waals surface area contributed by atoms with E-state index in [4.69, 9.17) is 9.47 Å². The maximum absolute atomic E-state index is 13.9. The molecule has 4 saturated carbocycles. The third-order valence-corrected chi connectivity index (χ3v) is 15.8. The van der Waals surface area contributed by atoms with E-state index in [2.05, 4.69) is 40.7 Å². The lowest BCUT2D eigenvalue weighted by molar-refractivity contribution is -0.243. The highest BCUT2D eigenvalue weighted by Gasteiger charge is 2.73. The minimum Gasteiger partial charge on any atom is -0.454 e. The van der Waals surface area contributed by atoms with Gasteiger partial charge in [0.05, 0.1) is 23.2 Å². The quantitative estimate of drug-likeness (QED) is 0.133. The van der Waals surface area contributed by atoms with Crippen LogP contribution in [0.3, 0.4) is 0 Å². The Kier molecular flexibility index (Phi) is 9.29. The highest BCUT2D eigenvalue weighted by molar-refractivity contribution is 5.90. The monoisotopic (exact) mass is 722 g/mol. The van der Waals surface area contributed by atoms with Gasteiger partial charge in [0.15, 0.2) is 6.10 Å². The van der Waals surface area contributed by atoms with Gasteiger partial charge in [-0.2, -0.15) is 0 Å². The van der Waals surface area contributed by atoms with Crippen LogP contribution < -0.4 is 0 Å². The molecular weight excluding hydrogens is 664 g/mol. The minimum absolute atomic E-state index is 0.0106. The van der Waals surface area contributed by atoms with Gasteiger partial charge in [-0.05, 0) is 108 Å². The van der Waals surface area contributed by atoms with Crippen LogP contribution >= 0.6 is 0 Å². The van der Waals surface area contributed by atoms with Gasteiger partial charge in [0.1, 0.15) is 12.4 Å². The molecule has 5 aliphatic rings. The Hall–Kier alpha value is -3.55. The Morgan fingerprint density at radius 2 is 1.43 bits per heavy atom. The van der Waals surface area contributed by atoms with Crippen molar-refractivity contribution in [2.75, 3.05) is 0 Å². The lowest BCUT2D eigenvalue weighted by atomic mass is 9.33. The second-order valence-electron chi connectivity index (χ2n) is 19.0. The van der Waals surface area contributed by atoms with E-state index in [0.717, 1.165) is 49.5 Å². The molecule has 2 unspecified atom stereocenters. The van der Waals surface area contributed by atoms with Crippen LogP contribution in [0.15, 0.2) is 78.4 Å². The molecule has 2 aromatic carbocycles. The van der Waals surface area contributed by atoms with Crippen LogP contribution in [0, 0.1) is 50.2 Å². The first-order valence-electron chi connectivity index (χ1n) is 19.7. The number of fused-ring (bicyclic) bond motifs is 7. The number of aliphatic hydroxyl groups excluding tert-OH is 2. The van der Waals surface area contributed by atoms with Gasteiger partial charge < -0.3 is 24.5 Å². The van der Waals surface area contributed by atoms with Gasteiger partial charge in [0.2, 0.25) is 0 Å². The fraction of sp³-hybridized carbons (Fsp3) is 0.587. The molecule has 0 saturated heterocycles. The van der Waals surface area contributed by atoms with Gasteiger partial charge in [-0.3, -0.25) is 0 Å². The zero-order valence-electron chi connectivity index (χ0n) is 32.5. The summed E-state index contributed by atoms with van der Waals surface area (Å²) in [6.45, 7) is 15.6. The minimum atomic E-state index is -1.54. The average Bonchev–Trinajstić information content (AvgIpc) is 3.11. The molecule has 4 fully saturated rings. The molecule has 2 N–H and O–H groups in total. The van der Waals surface area contributed by atoms with Crippen LogP contribution in [0.4, 0.5) is 0 Å². The van der Waals surface area contributed by atoms with E-state index in [1.807, 2.05) is 50.2 Å². The van der Waals surface area contributed by atoms with Crippen molar-refractivity contribution in [2.45, 2.75) is 118 Å². The smallest absolute Gasteiger partial charge is 0.338 e. The molecule has 5 aliphatic carbocycles. The Bertz CT molecular complexity index is 1800. The summed E-state index contributed by atoms with van der Waals surface area (Å²) in [4.78, 5) is 41.4. The molecule has 0 radical (unpaired) electrons. The van der Waals surface area contributed by atoms with Crippen molar-refractivity contribution in [3.05, 3.63) is 89.5 Å². The van der Waals surface area contributed by atoms with Gasteiger partial charge in [-0.1, -0.05) is 109 Å². The lowest BCUT2D eigenvalue weighted by Gasteiger charge is -2.72. The zero-order valence-corrected chi connectivity index (χ0v) is 32.5. The molecular formula is C46H58O7. The maximum atomic E-state index is 13.9. The maximum Gasteiger partial charge on any atom is 0.338 e. The molecule has 0 aliphatic heterocycles. The first kappa shape index (κ1) is 37.8. The van der Waals surface area contributed by atoms with Crippen molar-refractivity contribution in [1.82, 2.24) is 0 Å². The van der Waals surface area contributed by atoms with Crippen molar-refractivity contribution in [1.29, 1.82) is 0 Å². The van der Waals surface area contributed by atoms with Crippen molar-refractivity contribution in [3.63, 3.8) is 0 Å². The lowest BCUT2D eigenvalue weighted by Crippen LogP contribution is -2.72. The van der Waals surface area contributed by atoms with Gasteiger partial charge in [0.25, 0.3) is 0 Å². The SMILES string of the molecule is CC1(C)CC2C3=CC[C@@H]4[C@@]5(C)CC[C@H](O)C(C)(C)C5CC[C@@]4(C)[C@]3(C)C[C@@H](O)[C@@]2(C=O)[C@@H](OC(=O)/C=C/c2ccccc2)[C@@H]1OC(=O)c1ccccc1. The Labute approximate surface area is 315 Å². The van der Waals surface area contributed by atoms with E-state index in [1.54, 1.807) is 30.3 Å². The van der Waals surface area contributed by atoms with Crippen LogP contribution in [0.25, 0.3) is 6.08 Å². The van der Waals surface area contributed by atoms with E-state index in [9.17, 15) is 24.6 Å². The van der Waals surface area contributed by atoms with E-state index in [0.29, 0.717) is 30.2 Å². The number of allylic oxidation sites excluding steroid dienone is 2. The third-order valence-electron chi connectivity index (χ3n) is 15.8. The van der Waals surface area contributed by atoms with Crippen molar-refractivity contribution >= 4 is 24.3 Å². The van der Waals surface area contributed by atoms with Crippen LogP contribution in [0.1, 0.15) is 109 Å². The fourth-order valence-electron chi connectivity index (χ4n) is 12.7. The zero-order chi connectivity index (χ0) is 38.2. The van der Waals surface area contributed by atoms with Gasteiger partial charge in [0, 0.05) is 11.5 Å². The first-order chi connectivity index (χ1) is 25.0. The number of carbonyl (C=O) groups excluding carboxylic acids is 3. The molecule has 7 rings (SSSR count). The Morgan fingerprint density at radius 1 is 0.774 bits per heavy atom. The number of hydrogen-bond donors (Lipinski definition) is 2. The van der Waals surface area contributed by atoms with E-state index in [-0.39, 0.29) is 22.3 Å². The van der Waals surface area contributed by atoms with Crippen LogP contribution in [-0.2, 0) is 19.1 Å². The third kappa shape index (κ3) is 5.61. The van der Waals surface area contributed by atoms with Gasteiger partial charge in [-0.25, -0.2) is 9.59 Å². The van der Waals surface area contributed by atoms with Crippen LogP contribution in [0.5, 0.6) is 0 Å². The number of ether oxygens (including phenoxy) is 2. The Balaban J connectivity index is 1.31. The number of aldehydes is 1. The number of aliphatic hydroxyl groups is 2. The largest absolute Gasteiger partial charge is 0.454 e. The number of carbonyl (C=O) groups is 3. The first-order valence-corrected chi connectivity index (χ1v) is 19.7. The molecule has 7 nitrogen and oxygen atoms in total. The molecule has 0 heterocycles. The van der Waals surface area contributed by atoms with Gasteiger partial charge >= 0.3 is 11.9 Å². The average molecular weight is 723 g/mol. The highest BCUT2D eigenvalue weighted by Crippen LogP contribution is 2.75. The molecule has 0 spiro atoms. The summed E-state index contributed by atoms with van der Waals surface area (Å²) in [7, 11) is 0. The summed E-state index contributed by atoms with van der Waals surface area (Å²) in [5, 5.41) is 23.8. The molecule has 0 amide bonds. The summed E-state index contributed by atoms with van der Waals surface area (Å²) >= 11 is 0. The molecule has 7 heteroatoms. The number of esters is 2. The van der Waals surface area contributed by atoms with Crippen molar-refractivity contribution < 1.29 is 34.1 Å². The number of rotatable bonds is 6. The second kappa shape index (κ2) is 13.0. The second-order valence-corrected chi connectivity index (χ2v) is 19.0. The molecule has 0 aromatic heterocycles. The summed E-state index contributed by atoms with van der Waals surface area (Å²) in [5.41, 5.74) is -0.750. The fourth-order valence-corrected chi connectivity index (χ4v) is 12.7. The summed E-state index contributed by atoms with van der Waals surface area (Å²) in [5.74, 6) is -0.982. The summed E-state index contributed by atoms with van der Waals surface area (Å²) < 4.78 is 12.7. The van der Waals surface area contributed by atoms with E-state index >= 15 is 0 Å². The standard InChI is InChI=1S/C46H58O7/c1-41(2)26-32-31-19-20-34-43(5)24-23-35(48)42(3,4)33(43)22-25-44(34,6)45(31,7)27-36(49)46(32,28-47)39(38(41)53-40(51)30-16-12-9-13-17-30)52-37(50)21-18-29-14-10-8-11-15-29/h8-19,21,28,32-36,38-39,48-49H,20,22-27H2,1-7H3/b21-18+/t32?,33?,34-,35+,36-,38+,39+,43+,44-,45-,46+/m1/s1. The normalized spacial score (nSPS) is 41.1. The molecule has 11 atom stereocenters. The van der Waals surface area contributed by atoms with Crippen LogP contribution in [0.2, 0.25) is 0 Å². The van der Waals surface area contributed by atoms with Crippen LogP contribution in [-0.4, -0.2) is 52.9 Å². The summed E-state index contributed by atoms with van der Waals surface area (Å²) in [6.07, 6.45) is 7.77. The molecule has 284 valence electrons. The summed E-state index contributed by atoms with van der Waals surface area (Å²) in [6, 6.07) is 18.1. The van der Waals surface area contributed by atoms with E-state index in [1.165, 1.54) is 6.08 Å². The topological polar surface area (TPSA) is 110 Å². The highest BCUT2D eigenvalue weighted by atomic mass is 16.6. The van der Waals surface area contributed by atoms with E-state index < -0.39 is 52.4 Å². The predicted molar refractivity (Wildman–Crippen MR) is 204 cm³/mol. The number of benzene rings is 2.